The Labute approximate surface area is 92.9 Å². The van der Waals surface area contributed by atoms with E-state index < -0.39 is 0 Å². The Morgan fingerprint density at radius 3 is 2.33 bits per heavy atom. The van der Waals surface area contributed by atoms with Gasteiger partial charge in [0.1, 0.15) is 0 Å². The molecule has 84 valence electrons. The maximum Gasteiger partial charge on any atom is 0.0206 e. The van der Waals surface area contributed by atoms with Gasteiger partial charge in [-0.1, -0.05) is 30.3 Å². The van der Waals surface area contributed by atoms with Gasteiger partial charge in [0, 0.05) is 18.1 Å². The van der Waals surface area contributed by atoms with Crippen LogP contribution in [-0.4, -0.2) is 18.1 Å². The summed E-state index contributed by atoms with van der Waals surface area (Å²) in [6.45, 7) is 7.32. The van der Waals surface area contributed by atoms with Crippen molar-refractivity contribution in [1.29, 1.82) is 0 Å². The van der Waals surface area contributed by atoms with Gasteiger partial charge in [0.25, 0.3) is 0 Å². The molecule has 1 aromatic carbocycles. The molecule has 0 spiro atoms. The third-order valence-electron chi connectivity index (χ3n) is 2.24. The third-order valence-corrected chi connectivity index (χ3v) is 2.24. The lowest BCUT2D eigenvalue weighted by atomic mass is 10.0. The highest BCUT2D eigenvalue weighted by atomic mass is 15.0. The van der Waals surface area contributed by atoms with E-state index >= 15 is 0 Å². The lowest BCUT2D eigenvalue weighted by molar-refractivity contribution is 0.404. The first kappa shape index (κ1) is 12.2. The molecule has 0 aromatic heterocycles. The van der Waals surface area contributed by atoms with Crippen LogP contribution in [0.2, 0.25) is 0 Å². The molecule has 1 rings (SSSR count). The smallest absolute Gasteiger partial charge is 0.0206 e. The van der Waals surface area contributed by atoms with Gasteiger partial charge >= 0.3 is 0 Å². The van der Waals surface area contributed by atoms with Gasteiger partial charge in [-0.25, -0.2) is 0 Å². The van der Waals surface area contributed by atoms with E-state index in [1.807, 2.05) is 6.07 Å². The third kappa shape index (κ3) is 5.55. The van der Waals surface area contributed by atoms with E-state index in [0.717, 1.165) is 13.0 Å². The topological polar surface area (TPSA) is 38.0 Å². The van der Waals surface area contributed by atoms with Crippen LogP contribution >= 0.6 is 0 Å². The van der Waals surface area contributed by atoms with E-state index in [1.165, 1.54) is 5.56 Å². The lowest BCUT2D eigenvalue weighted by Crippen LogP contribution is -2.44. The molecule has 2 heteroatoms. The second kappa shape index (κ2) is 5.29. The summed E-state index contributed by atoms with van der Waals surface area (Å²) in [5, 5.41) is 3.42. The molecule has 15 heavy (non-hydrogen) atoms. The molecule has 0 aliphatic rings. The predicted octanol–water partition coefficient (Wildman–Crippen LogP) is 1.94. The van der Waals surface area contributed by atoms with Crippen molar-refractivity contribution in [2.45, 2.75) is 38.8 Å². The van der Waals surface area contributed by atoms with Crippen LogP contribution in [0.4, 0.5) is 0 Å². The van der Waals surface area contributed by atoms with Gasteiger partial charge in [0.15, 0.2) is 0 Å². The maximum absolute atomic E-state index is 6.05. The summed E-state index contributed by atoms with van der Waals surface area (Å²) in [7, 11) is 0. The lowest BCUT2D eigenvalue weighted by Gasteiger charge is -2.23. The van der Waals surface area contributed by atoms with Crippen LogP contribution < -0.4 is 11.1 Å². The molecular formula is C13H22N2. The van der Waals surface area contributed by atoms with Crippen molar-refractivity contribution in [2.75, 3.05) is 6.54 Å². The summed E-state index contributed by atoms with van der Waals surface area (Å²) in [6.07, 6.45) is 0.934. The summed E-state index contributed by atoms with van der Waals surface area (Å²) in [5.41, 5.74) is 7.50. The zero-order valence-electron chi connectivity index (χ0n) is 9.96. The minimum absolute atomic E-state index is 0.147. The SMILES string of the molecule is CC(C)(C)NC[C@@H](N)Cc1ccccc1. The van der Waals surface area contributed by atoms with Gasteiger partial charge in [-0.15, -0.1) is 0 Å². The minimum atomic E-state index is 0.147. The second-order valence-corrected chi connectivity index (χ2v) is 5.08. The van der Waals surface area contributed by atoms with Crippen LogP contribution in [-0.2, 0) is 6.42 Å². The van der Waals surface area contributed by atoms with Crippen LogP contribution in [0.1, 0.15) is 26.3 Å². The molecule has 0 saturated heterocycles. The van der Waals surface area contributed by atoms with E-state index in [2.05, 4.69) is 50.4 Å². The van der Waals surface area contributed by atoms with E-state index in [1.54, 1.807) is 0 Å². The minimum Gasteiger partial charge on any atom is -0.326 e. The van der Waals surface area contributed by atoms with E-state index in [0.29, 0.717) is 0 Å². The average molecular weight is 206 g/mol. The summed E-state index contributed by atoms with van der Waals surface area (Å²) < 4.78 is 0. The standard InChI is InChI=1S/C13H22N2/c1-13(2,3)15-10-12(14)9-11-7-5-4-6-8-11/h4-8,12,15H,9-10,14H2,1-3H3/t12-/m0/s1. The number of nitrogens with two attached hydrogens (primary N) is 1. The number of benzene rings is 1. The van der Waals surface area contributed by atoms with Crippen molar-refractivity contribution in [3.8, 4) is 0 Å². The summed E-state index contributed by atoms with van der Waals surface area (Å²) in [4.78, 5) is 0. The molecule has 0 unspecified atom stereocenters. The van der Waals surface area contributed by atoms with Crippen LogP contribution in [0, 0.1) is 0 Å². The first-order valence-corrected chi connectivity index (χ1v) is 5.52. The maximum atomic E-state index is 6.05. The van der Waals surface area contributed by atoms with Gasteiger partial charge in [-0.05, 0) is 32.8 Å². The molecule has 3 N–H and O–H groups in total. The normalized spacial score (nSPS) is 13.9. The monoisotopic (exact) mass is 206 g/mol. The fourth-order valence-corrected chi connectivity index (χ4v) is 1.43. The highest BCUT2D eigenvalue weighted by Gasteiger charge is 2.11. The molecule has 0 saturated carbocycles. The van der Waals surface area contributed by atoms with Crippen LogP contribution in [0.5, 0.6) is 0 Å². The van der Waals surface area contributed by atoms with Crippen molar-refractivity contribution >= 4 is 0 Å². The molecule has 0 heterocycles. The Hall–Kier alpha value is -0.860. The fourth-order valence-electron chi connectivity index (χ4n) is 1.43. The Kier molecular flexibility index (Phi) is 4.30. The van der Waals surface area contributed by atoms with Gasteiger partial charge < -0.3 is 11.1 Å². The van der Waals surface area contributed by atoms with Gasteiger partial charge in [-0.3, -0.25) is 0 Å². The molecule has 0 amide bonds. The molecule has 2 nitrogen and oxygen atoms in total. The van der Waals surface area contributed by atoms with Gasteiger partial charge in [0.05, 0.1) is 0 Å². The van der Waals surface area contributed by atoms with Crippen molar-refractivity contribution in [3.63, 3.8) is 0 Å². The number of nitrogens with one attached hydrogen (secondary N) is 1. The first-order valence-electron chi connectivity index (χ1n) is 5.52. The van der Waals surface area contributed by atoms with Crippen LogP contribution in [0.25, 0.3) is 0 Å². The number of hydrogen-bond acceptors (Lipinski definition) is 2. The average Bonchev–Trinajstić information content (AvgIpc) is 2.15. The molecule has 0 bridgehead atoms. The molecule has 1 atom stereocenters. The van der Waals surface area contributed by atoms with Gasteiger partial charge in [0.2, 0.25) is 0 Å². The molecule has 1 aromatic rings. The predicted molar refractivity (Wildman–Crippen MR) is 65.9 cm³/mol. The summed E-state index contributed by atoms with van der Waals surface area (Å²) >= 11 is 0. The Morgan fingerprint density at radius 2 is 1.80 bits per heavy atom. The van der Waals surface area contributed by atoms with E-state index in [9.17, 15) is 0 Å². The van der Waals surface area contributed by atoms with Crippen LogP contribution in [0.3, 0.4) is 0 Å². The number of rotatable bonds is 4. The second-order valence-electron chi connectivity index (χ2n) is 5.08. The zero-order chi connectivity index (χ0) is 11.3. The molecule has 0 radical (unpaired) electrons. The Morgan fingerprint density at radius 1 is 1.20 bits per heavy atom. The van der Waals surface area contributed by atoms with Crippen molar-refractivity contribution in [3.05, 3.63) is 35.9 Å². The molecule has 0 fully saturated rings. The van der Waals surface area contributed by atoms with Crippen LogP contribution in [0.15, 0.2) is 30.3 Å². The van der Waals surface area contributed by atoms with E-state index in [-0.39, 0.29) is 11.6 Å². The molecule has 0 aliphatic carbocycles. The molecule has 0 aliphatic heterocycles. The van der Waals surface area contributed by atoms with Crippen molar-refractivity contribution in [2.24, 2.45) is 5.73 Å². The molecular weight excluding hydrogens is 184 g/mol. The highest BCUT2D eigenvalue weighted by molar-refractivity contribution is 5.15. The highest BCUT2D eigenvalue weighted by Crippen LogP contribution is 2.03. The Balaban J connectivity index is 2.34. The fraction of sp³-hybridized carbons (Fsp3) is 0.538. The van der Waals surface area contributed by atoms with Crippen molar-refractivity contribution in [1.82, 2.24) is 5.32 Å². The van der Waals surface area contributed by atoms with Crippen molar-refractivity contribution < 1.29 is 0 Å². The number of hydrogen-bond donors (Lipinski definition) is 2. The first-order chi connectivity index (χ1) is 6.97. The Bertz CT molecular complexity index is 274. The zero-order valence-corrected chi connectivity index (χ0v) is 9.96. The largest absolute Gasteiger partial charge is 0.326 e. The summed E-state index contributed by atoms with van der Waals surface area (Å²) in [5.74, 6) is 0. The van der Waals surface area contributed by atoms with Gasteiger partial charge in [-0.2, -0.15) is 0 Å². The quantitative estimate of drug-likeness (QED) is 0.790. The van der Waals surface area contributed by atoms with E-state index in [4.69, 9.17) is 5.73 Å². The summed E-state index contributed by atoms with van der Waals surface area (Å²) in [6, 6.07) is 10.6.